The number of aryl methyl sites for hydroxylation is 2. The molecule has 2 aliphatic rings. The van der Waals surface area contributed by atoms with E-state index >= 15 is 0 Å². The van der Waals surface area contributed by atoms with Crippen LogP contribution in [0.4, 0.5) is 5.69 Å². The molecule has 0 saturated carbocycles. The number of aromatic nitrogens is 3. The Labute approximate surface area is 188 Å². The molecule has 0 bridgehead atoms. The number of likely N-dealkylation sites (N-methyl/N-ethyl adjacent to an activating group) is 1. The minimum atomic E-state index is 0.172. The first-order valence-electron chi connectivity index (χ1n) is 11.1. The summed E-state index contributed by atoms with van der Waals surface area (Å²) < 4.78 is 2.05. The molecule has 0 amide bonds. The second-order valence-corrected chi connectivity index (χ2v) is 8.85. The van der Waals surface area contributed by atoms with Crippen molar-refractivity contribution in [1.29, 1.82) is 0 Å². The molecule has 2 aromatic carbocycles. The number of nitrogens with zero attached hydrogens (tertiary/aromatic N) is 4. The Balaban J connectivity index is 1.57. The maximum atomic E-state index is 6.25. The Morgan fingerprint density at radius 2 is 2.06 bits per heavy atom. The van der Waals surface area contributed by atoms with E-state index in [2.05, 4.69) is 57.8 Å². The molecule has 5 rings (SSSR count). The van der Waals surface area contributed by atoms with E-state index in [1.54, 1.807) is 0 Å². The second-order valence-electron chi connectivity index (χ2n) is 8.42. The average Bonchev–Trinajstić information content (AvgIpc) is 3.08. The van der Waals surface area contributed by atoms with Crippen LogP contribution in [0.1, 0.15) is 42.6 Å². The number of benzene rings is 2. The molecule has 0 spiro atoms. The van der Waals surface area contributed by atoms with Gasteiger partial charge in [0.1, 0.15) is 0 Å². The average molecular weight is 434 g/mol. The van der Waals surface area contributed by atoms with E-state index in [0.29, 0.717) is 0 Å². The van der Waals surface area contributed by atoms with Gasteiger partial charge in [-0.15, -0.1) is 5.10 Å². The van der Waals surface area contributed by atoms with Gasteiger partial charge >= 0.3 is 0 Å². The van der Waals surface area contributed by atoms with Crippen LogP contribution in [-0.4, -0.2) is 39.5 Å². The smallest absolute Gasteiger partial charge is 0.0918 e. The van der Waals surface area contributed by atoms with E-state index in [-0.39, 0.29) is 6.04 Å². The van der Waals surface area contributed by atoms with Crippen molar-refractivity contribution >= 4 is 22.9 Å². The zero-order chi connectivity index (χ0) is 21.4. The molecule has 1 N–H and O–H groups in total. The zero-order valence-corrected chi connectivity index (χ0v) is 18.9. The third kappa shape index (κ3) is 4.00. The van der Waals surface area contributed by atoms with E-state index < -0.39 is 0 Å². The third-order valence-corrected chi connectivity index (χ3v) is 6.73. The molecule has 0 aliphatic carbocycles. The van der Waals surface area contributed by atoms with Crippen LogP contribution in [-0.2, 0) is 6.54 Å². The highest BCUT2D eigenvalue weighted by molar-refractivity contribution is 6.30. The lowest BCUT2D eigenvalue weighted by Gasteiger charge is -2.26. The van der Waals surface area contributed by atoms with Gasteiger partial charge in [-0.3, -0.25) is 4.90 Å². The minimum Gasteiger partial charge on any atom is -0.378 e. The van der Waals surface area contributed by atoms with Gasteiger partial charge in [0.2, 0.25) is 0 Å². The molecule has 160 valence electrons. The lowest BCUT2D eigenvalue weighted by atomic mass is 9.90. The Morgan fingerprint density at radius 3 is 2.84 bits per heavy atom. The van der Waals surface area contributed by atoms with Crippen LogP contribution in [0.3, 0.4) is 0 Å². The summed E-state index contributed by atoms with van der Waals surface area (Å²) in [6, 6.07) is 15.1. The van der Waals surface area contributed by atoms with Crippen molar-refractivity contribution < 1.29 is 0 Å². The number of halogens is 1. The van der Waals surface area contributed by atoms with Gasteiger partial charge in [-0.1, -0.05) is 48.0 Å². The van der Waals surface area contributed by atoms with Gasteiger partial charge < -0.3 is 5.32 Å². The van der Waals surface area contributed by atoms with Gasteiger partial charge in [0.15, 0.2) is 0 Å². The van der Waals surface area contributed by atoms with Crippen LogP contribution in [0.25, 0.3) is 16.8 Å². The molecule has 0 saturated heterocycles. The van der Waals surface area contributed by atoms with Crippen LogP contribution in [0, 0.1) is 6.92 Å². The third-order valence-electron chi connectivity index (χ3n) is 6.49. The zero-order valence-electron chi connectivity index (χ0n) is 18.1. The normalized spacial score (nSPS) is 18.7. The van der Waals surface area contributed by atoms with Crippen molar-refractivity contribution in [3.63, 3.8) is 0 Å². The van der Waals surface area contributed by atoms with Crippen molar-refractivity contribution in [2.75, 3.05) is 25.0 Å². The summed E-state index contributed by atoms with van der Waals surface area (Å²) in [4.78, 5) is 2.48. The topological polar surface area (TPSA) is 46.0 Å². The Kier molecular flexibility index (Phi) is 5.55. The SMILES string of the molecule is CCN1CC=C(c2ccc3c(c2)C(Nc2cccc(Cl)c2)CCn2nnc(C)c2-3)CC1. The summed E-state index contributed by atoms with van der Waals surface area (Å²) in [6.45, 7) is 8.36. The molecule has 6 heteroatoms. The lowest BCUT2D eigenvalue weighted by molar-refractivity contribution is 0.319. The van der Waals surface area contributed by atoms with E-state index in [1.165, 1.54) is 22.3 Å². The quantitative estimate of drug-likeness (QED) is 0.584. The maximum Gasteiger partial charge on any atom is 0.0918 e. The summed E-state index contributed by atoms with van der Waals surface area (Å²) in [5.74, 6) is 0. The summed E-state index contributed by atoms with van der Waals surface area (Å²) in [5, 5.41) is 13.2. The summed E-state index contributed by atoms with van der Waals surface area (Å²) in [6.07, 6.45) is 4.42. The van der Waals surface area contributed by atoms with Gasteiger partial charge in [0.25, 0.3) is 0 Å². The molecule has 1 aromatic heterocycles. The van der Waals surface area contributed by atoms with Gasteiger partial charge in [-0.25, -0.2) is 4.68 Å². The maximum absolute atomic E-state index is 6.25. The van der Waals surface area contributed by atoms with Crippen molar-refractivity contribution in [3.8, 4) is 11.3 Å². The predicted octanol–water partition coefficient (Wildman–Crippen LogP) is 5.57. The first-order chi connectivity index (χ1) is 15.1. The van der Waals surface area contributed by atoms with E-state index in [4.69, 9.17) is 11.6 Å². The van der Waals surface area contributed by atoms with Crippen molar-refractivity contribution in [3.05, 3.63) is 70.4 Å². The van der Waals surface area contributed by atoms with Crippen molar-refractivity contribution in [2.45, 2.75) is 39.3 Å². The highest BCUT2D eigenvalue weighted by atomic mass is 35.5. The van der Waals surface area contributed by atoms with Crippen molar-refractivity contribution in [1.82, 2.24) is 19.9 Å². The molecular weight excluding hydrogens is 406 g/mol. The Morgan fingerprint density at radius 1 is 1.16 bits per heavy atom. The number of rotatable bonds is 4. The summed E-state index contributed by atoms with van der Waals surface area (Å²) in [5.41, 5.74) is 8.45. The van der Waals surface area contributed by atoms with Crippen LogP contribution >= 0.6 is 11.6 Å². The molecule has 1 unspecified atom stereocenters. The molecule has 5 nitrogen and oxygen atoms in total. The first-order valence-corrected chi connectivity index (χ1v) is 11.5. The number of hydrogen-bond donors (Lipinski definition) is 1. The minimum absolute atomic E-state index is 0.172. The molecule has 2 aliphatic heterocycles. The molecule has 3 heterocycles. The molecule has 0 fully saturated rings. The highest BCUT2D eigenvalue weighted by Crippen LogP contribution is 2.39. The number of hydrogen-bond acceptors (Lipinski definition) is 4. The highest BCUT2D eigenvalue weighted by Gasteiger charge is 2.26. The Bertz CT molecular complexity index is 1130. The van der Waals surface area contributed by atoms with E-state index in [1.807, 2.05) is 29.8 Å². The monoisotopic (exact) mass is 433 g/mol. The molecule has 0 radical (unpaired) electrons. The second kappa shape index (κ2) is 8.48. The standard InChI is InChI=1S/C25H28ClN5/c1-3-30-12-9-18(10-13-30)19-7-8-22-23(15-19)24(27-21-6-4-5-20(26)16-21)11-14-31-25(22)17(2)28-29-31/h4-9,15-16,24,27H,3,10-14H2,1-2H3. The fraction of sp³-hybridized carbons (Fsp3) is 0.360. The number of anilines is 1. The van der Waals surface area contributed by atoms with E-state index in [0.717, 1.165) is 61.1 Å². The fourth-order valence-electron chi connectivity index (χ4n) is 4.75. The summed E-state index contributed by atoms with van der Waals surface area (Å²) >= 11 is 6.25. The summed E-state index contributed by atoms with van der Waals surface area (Å²) in [7, 11) is 0. The molecule has 31 heavy (non-hydrogen) atoms. The largest absolute Gasteiger partial charge is 0.378 e. The van der Waals surface area contributed by atoms with Crippen LogP contribution < -0.4 is 5.32 Å². The van der Waals surface area contributed by atoms with E-state index in [9.17, 15) is 0 Å². The molecular formula is C25H28ClN5. The van der Waals surface area contributed by atoms with Gasteiger partial charge in [0.05, 0.1) is 17.4 Å². The number of fused-ring (bicyclic) bond motifs is 3. The van der Waals surface area contributed by atoms with Crippen molar-refractivity contribution in [2.24, 2.45) is 0 Å². The number of nitrogens with one attached hydrogen (secondary N) is 1. The predicted molar refractivity (Wildman–Crippen MR) is 127 cm³/mol. The lowest BCUT2D eigenvalue weighted by Crippen LogP contribution is -2.28. The fourth-order valence-corrected chi connectivity index (χ4v) is 4.94. The van der Waals surface area contributed by atoms with Crippen LogP contribution in [0.15, 0.2) is 48.5 Å². The first kappa shape index (κ1) is 20.3. The van der Waals surface area contributed by atoms with Gasteiger partial charge in [0, 0.05) is 35.9 Å². The molecule has 3 aromatic rings. The Hall–Kier alpha value is -2.63. The van der Waals surface area contributed by atoms with Gasteiger partial charge in [-0.05, 0) is 67.3 Å². The van der Waals surface area contributed by atoms with Crippen LogP contribution in [0.5, 0.6) is 0 Å². The molecule has 1 atom stereocenters. The van der Waals surface area contributed by atoms with Gasteiger partial charge in [-0.2, -0.15) is 0 Å². The van der Waals surface area contributed by atoms with Crippen LogP contribution in [0.2, 0.25) is 5.02 Å².